The first kappa shape index (κ1) is 12.9. The van der Waals surface area contributed by atoms with E-state index in [1.54, 1.807) is 0 Å². The standard InChI is InChI=1S/C10H24N2O/c1-9(8-11-5)12-6-7-13-10(2,3)4/h9,11-12H,6-8H2,1-5H3. The SMILES string of the molecule is CNCC(C)NCCOC(C)(C)C. The van der Waals surface area contributed by atoms with Crippen LogP contribution in [-0.4, -0.2) is 38.4 Å². The van der Waals surface area contributed by atoms with Crippen molar-refractivity contribution in [1.82, 2.24) is 10.6 Å². The van der Waals surface area contributed by atoms with Crippen LogP contribution in [0.4, 0.5) is 0 Å². The Kier molecular flexibility index (Phi) is 6.29. The van der Waals surface area contributed by atoms with Crippen LogP contribution >= 0.6 is 0 Å². The molecule has 0 spiro atoms. The lowest BCUT2D eigenvalue weighted by Gasteiger charge is -2.20. The Hall–Kier alpha value is -0.120. The molecule has 0 amide bonds. The van der Waals surface area contributed by atoms with Gasteiger partial charge in [0.25, 0.3) is 0 Å². The van der Waals surface area contributed by atoms with Gasteiger partial charge in [-0.3, -0.25) is 0 Å². The zero-order valence-corrected chi connectivity index (χ0v) is 9.61. The predicted octanol–water partition coefficient (Wildman–Crippen LogP) is 0.999. The second-order valence-corrected chi connectivity index (χ2v) is 4.37. The third-order valence-electron chi connectivity index (χ3n) is 1.64. The van der Waals surface area contributed by atoms with Crippen LogP contribution in [0, 0.1) is 0 Å². The number of ether oxygens (including phenoxy) is 1. The molecule has 80 valence electrons. The highest BCUT2D eigenvalue weighted by molar-refractivity contribution is 4.63. The van der Waals surface area contributed by atoms with Crippen LogP contribution < -0.4 is 10.6 Å². The van der Waals surface area contributed by atoms with Crippen molar-refractivity contribution in [2.75, 3.05) is 26.7 Å². The van der Waals surface area contributed by atoms with Gasteiger partial charge < -0.3 is 15.4 Å². The highest BCUT2D eigenvalue weighted by Gasteiger charge is 2.09. The van der Waals surface area contributed by atoms with Gasteiger partial charge in [0.05, 0.1) is 12.2 Å². The summed E-state index contributed by atoms with van der Waals surface area (Å²) in [4.78, 5) is 0. The van der Waals surface area contributed by atoms with E-state index in [-0.39, 0.29) is 5.60 Å². The Morgan fingerprint density at radius 2 is 1.92 bits per heavy atom. The van der Waals surface area contributed by atoms with Gasteiger partial charge in [0.1, 0.15) is 0 Å². The van der Waals surface area contributed by atoms with Crippen molar-refractivity contribution in [2.45, 2.75) is 39.3 Å². The fraction of sp³-hybridized carbons (Fsp3) is 1.00. The first-order valence-corrected chi connectivity index (χ1v) is 4.97. The van der Waals surface area contributed by atoms with Gasteiger partial charge >= 0.3 is 0 Å². The third-order valence-corrected chi connectivity index (χ3v) is 1.64. The van der Waals surface area contributed by atoms with Gasteiger partial charge in [-0.05, 0) is 34.7 Å². The molecule has 0 aromatic rings. The fourth-order valence-corrected chi connectivity index (χ4v) is 1.04. The third kappa shape index (κ3) is 9.80. The first-order valence-electron chi connectivity index (χ1n) is 4.97. The summed E-state index contributed by atoms with van der Waals surface area (Å²) in [6.07, 6.45) is 0. The number of rotatable bonds is 6. The Morgan fingerprint density at radius 1 is 1.31 bits per heavy atom. The maximum atomic E-state index is 5.57. The first-order chi connectivity index (χ1) is 5.95. The number of likely N-dealkylation sites (N-methyl/N-ethyl adjacent to an activating group) is 1. The van der Waals surface area contributed by atoms with Crippen molar-refractivity contribution in [3.63, 3.8) is 0 Å². The molecule has 0 bridgehead atoms. The van der Waals surface area contributed by atoms with Crippen molar-refractivity contribution in [2.24, 2.45) is 0 Å². The molecule has 1 unspecified atom stereocenters. The van der Waals surface area contributed by atoms with Crippen molar-refractivity contribution in [1.29, 1.82) is 0 Å². The molecule has 0 saturated carbocycles. The molecule has 0 rings (SSSR count). The van der Waals surface area contributed by atoms with E-state index in [1.165, 1.54) is 0 Å². The lowest BCUT2D eigenvalue weighted by molar-refractivity contribution is -0.00145. The number of hydrogen-bond acceptors (Lipinski definition) is 3. The van der Waals surface area contributed by atoms with E-state index in [0.29, 0.717) is 6.04 Å². The monoisotopic (exact) mass is 188 g/mol. The summed E-state index contributed by atoms with van der Waals surface area (Å²) in [6.45, 7) is 11.1. The Labute approximate surface area is 82.2 Å². The van der Waals surface area contributed by atoms with Crippen LogP contribution in [0.1, 0.15) is 27.7 Å². The van der Waals surface area contributed by atoms with Gasteiger partial charge in [0, 0.05) is 19.1 Å². The molecule has 3 nitrogen and oxygen atoms in total. The molecule has 0 heterocycles. The molecular weight excluding hydrogens is 164 g/mol. The van der Waals surface area contributed by atoms with E-state index >= 15 is 0 Å². The van der Waals surface area contributed by atoms with Crippen molar-refractivity contribution in [3.8, 4) is 0 Å². The quantitative estimate of drug-likeness (QED) is 0.610. The topological polar surface area (TPSA) is 33.3 Å². The average molecular weight is 188 g/mol. The van der Waals surface area contributed by atoms with Crippen molar-refractivity contribution in [3.05, 3.63) is 0 Å². The minimum atomic E-state index is -0.0199. The number of hydrogen-bond donors (Lipinski definition) is 2. The minimum absolute atomic E-state index is 0.0199. The highest BCUT2D eigenvalue weighted by atomic mass is 16.5. The summed E-state index contributed by atoms with van der Waals surface area (Å²) >= 11 is 0. The Bertz CT molecular complexity index is 121. The van der Waals surface area contributed by atoms with Crippen molar-refractivity contribution >= 4 is 0 Å². The van der Waals surface area contributed by atoms with Gasteiger partial charge in [0.2, 0.25) is 0 Å². The van der Waals surface area contributed by atoms with Gasteiger partial charge in [-0.1, -0.05) is 0 Å². The summed E-state index contributed by atoms with van der Waals surface area (Å²) in [7, 11) is 1.96. The number of nitrogens with one attached hydrogen (secondary N) is 2. The van der Waals surface area contributed by atoms with E-state index in [1.807, 2.05) is 7.05 Å². The summed E-state index contributed by atoms with van der Waals surface area (Å²) in [5.74, 6) is 0. The Balaban J connectivity index is 3.25. The molecule has 0 fully saturated rings. The molecule has 0 saturated heterocycles. The van der Waals surface area contributed by atoms with Gasteiger partial charge in [-0.25, -0.2) is 0 Å². The van der Waals surface area contributed by atoms with Crippen LogP contribution in [0.25, 0.3) is 0 Å². The lowest BCUT2D eigenvalue weighted by atomic mass is 10.2. The van der Waals surface area contributed by atoms with Crippen LogP contribution in [0.15, 0.2) is 0 Å². The molecule has 3 heteroatoms. The van der Waals surface area contributed by atoms with E-state index in [4.69, 9.17) is 4.74 Å². The van der Waals surface area contributed by atoms with E-state index in [0.717, 1.165) is 19.7 Å². The van der Waals surface area contributed by atoms with Crippen LogP contribution in [-0.2, 0) is 4.74 Å². The van der Waals surface area contributed by atoms with Gasteiger partial charge in [-0.2, -0.15) is 0 Å². The normalized spacial score (nSPS) is 14.5. The van der Waals surface area contributed by atoms with Crippen LogP contribution in [0.3, 0.4) is 0 Å². The van der Waals surface area contributed by atoms with Crippen molar-refractivity contribution < 1.29 is 4.74 Å². The van der Waals surface area contributed by atoms with E-state index < -0.39 is 0 Å². The van der Waals surface area contributed by atoms with Crippen LogP contribution in [0.2, 0.25) is 0 Å². The molecular formula is C10H24N2O. The molecule has 0 aliphatic heterocycles. The van der Waals surface area contributed by atoms with E-state index in [9.17, 15) is 0 Å². The van der Waals surface area contributed by atoms with Gasteiger partial charge in [-0.15, -0.1) is 0 Å². The molecule has 0 aliphatic rings. The molecule has 2 N–H and O–H groups in total. The van der Waals surface area contributed by atoms with Gasteiger partial charge in [0.15, 0.2) is 0 Å². The molecule has 0 aromatic heterocycles. The molecule has 13 heavy (non-hydrogen) atoms. The molecule has 0 radical (unpaired) electrons. The highest BCUT2D eigenvalue weighted by Crippen LogP contribution is 2.04. The predicted molar refractivity (Wildman–Crippen MR) is 57.1 cm³/mol. The second-order valence-electron chi connectivity index (χ2n) is 4.37. The average Bonchev–Trinajstić information content (AvgIpc) is 1.97. The fourth-order valence-electron chi connectivity index (χ4n) is 1.04. The summed E-state index contributed by atoms with van der Waals surface area (Å²) in [5.41, 5.74) is -0.0199. The molecule has 1 atom stereocenters. The largest absolute Gasteiger partial charge is 0.375 e. The zero-order valence-electron chi connectivity index (χ0n) is 9.61. The minimum Gasteiger partial charge on any atom is -0.375 e. The second kappa shape index (κ2) is 6.35. The lowest BCUT2D eigenvalue weighted by Crippen LogP contribution is -2.37. The summed E-state index contributed by atoms with van der Waals surface area (Å²) in [6, 6.07) is 0.508. The molecule has 0 aromatic carbocycles. The van der Waals surface area contributed by atoms with E-state index in [2.05, 4.69) is 38.3 Å². The summed E-state index contributed by atoms with van der Waals surface area (Å²) < 4.78 is 5.57. The summed E-state index contributed by atoms with van der Waals surface area (Å²) in [5, 5.41) is 6.49. The Morgan fingerprint density at radius 3 is 2.38 bits per heavy atom. The zero-order chi connectivity index (χ0) is 10.3. The molecule has 0 aliphatic carbocycles. The maximum Gasteiger partial charge on any atom is 0.0599 e. The van der Waals surface area contributed by atoms with Crippen LogP contribution in [0.5, 0.6) is 0 Å². The smallest absolute Gasteiger partial charge is 0.0599 e. The maximum absolute atomic E-state index is 5.57.